The molecule has 0 unspecified atom stereocenters. The normalized spacial score (nSPS) is 11.2. The number of nitrogens with one attached hydrogen (secondary N) is 1. The third kappa shape index (κ3) is 4.18. The number of aromatic nitrogens is 2. The molecule has 0 bridgehead atoms. The number of nitrogens with zero attached hydrogens (tertiary/aromatic N) is 2. The van der Waals surface area contributed by atoms with Crippen molar-refractivity contribution in [2.75, 3.05) is 10.5 Å². The molecule has 0 fully saturated rings. The van der Waals surface area contributed by atoms with Crippen LogP contribution in [0.25, 0.3) is 0 Å². The molecule has 0 aliphatic carbocycles. The molecular weight excluding hydrogens is 286 g/mol. The Morgan fingerprint density at radius 2 is 1.89 bits per heavy atom. The summed E-state index contributed by atoms with van der Waals surface area (Å²) in [5.41, 5.74) is 1.21. The van der Waals surface area contributed by atoms with Crippen LogP contribution in [0.3, 0.4) is 0 Å². The molecule has 0 radical (unpaired) electrons. The molecule has 0 spiro atoms. The largest absolute Gasteiger partial charge is 0.280 e. The van der Waals surface area contributed by atoms with E-state index in [-0.39, 0.29) is 10.9 Å². The van der Waals surface area contributed by atoms with Gasteiger partial charge in [-0.2, -0.15) is 0 Å². The Labute approximate surface area is 116 Å². The molecule has 0 aliphatic rings. The first-order chi connectivity index (χ1) is 9.07. The smallest absolute Gasteiger partial charge is 0.233 e. The predicted molar refractivity (Wildman–Crippen MR) is 74.6 cm³/mol. The number of hydrogen-bond acceptors (Lipinski definition) is 4. The van der Waals surface area contributed by atoms with Gasteiger partial charge in [-0.15, -0.1) is 0 Å². The summed E-state index contributed by atoms with van der Waals surface area (Å²) in [6, 6.07) is 6.76. The Hall–Kier alpha value is -1.66. The Morgan fingerprint density at radius 1 is 1.16 bits per heavy atom. The number of rotatable bonds is 5. The molecule has 0 atom stereocenters. The molecule has 100 valence electrons. The molecule has 2 rings (SSSR count). The summed E-state index contributed by atoms with van der Waals surface area (Å²) in [7, 11) is -3.45. The maximum atomic E-state index is 11.9. The minimum Gasteiger partial charge on any atom is -0.280 e. The molecule has 7 heteroatoms. The van der Waals surface area contributed by atoms with Gasteiger partial charge in [0.15, 0.2) is 5.15 Å². The van der Waals surface area contributed by atoms with Gasteiger partial charge in [-0.3, -0.25) is 9.71 Å². The molecule has 0 aromatic carbocycles. The van der Waals surface area contributed by atoms with Crippen LogP contribution in [0.2, 0.25) is 5.15 Å². The summed E-state index contributed by atoms with van der Waals surface area (Å²) in [5, 5.41) is 0.134. The van der Waals surface area contributed by atoms with Gasteiger partial charge in [0.05, 0.1) is 11.4 Å². The lowest BCUT2D eigenvalue weighted by molar-refractivity contribution is 0.600. The summed E-state index contributed by atoms with van der Waals surface area (Å²) in [5.74, 6) is -0.0256. The second-order valence-electron chi connectivity index (χ2n) is 3.87. The molecule has 1 N–H and O–H groups in total. The molecule has 5 nitrogen and oxygen atoms in total. The predicted octanol–water partition coefficient (Wildman–Crippen LogP) is 2.11. The molecule has 0 saturated heterocycles. The topological polar surface area (TPSA) is 72.0 Å². The van der Waals surface area contributed by atoms with Crippen LogP contribution in [0, 0.1) is 0 Å². The monoisotopic (exact) mass is 297 g/mol. The van der Waals surface area contributed by atoms with E-state index in [2.05, 4.69) is 14.7 Å². The minimum atomic E-state index is -3.45. The van der Waals surface area contributed by atoms with Gasteiger partial charge in [0.1, 0.15) is 0 Å². The Kier molecular flexibility index (Phi) is 4.34. The number of pyridine rings is 2. The Bertz CT molecular complexity index is 647. The summed E-state index contributed by atoms with van der Waals surface area (Å²) >= 11 is 5.80. The van der Waals surface area contributed by atoms with Crippen LogP contribution in [0.4, 0.5) is 5.69 Å². The zero-order chi connectivity index (χ0) is 13.7. The summed E-state index contributed by atoms with van der Waals surface area (Å²) in [4.78, 5) is 7.69. The van der Waals surface area contributed by atoms with E-state index in [1.54, 1.807) is 36.7 Å². The van der Waals surface area contributed by atoms with Crippen molar-refractivity contribution < 1.29 is 8.42 Å². The fourth-order valence-electron chi connectivity index (χ4n) is 1.48. The number of anilines is 1. The summed E-state index contributed by atoms with van der Waals surface area (Å²) in [6.45, 7) is 0. The van der Waals surface area contributed by atoms with E-state index in [1.807, 2.05) is 0 Å². The van der Waals surface area contributed by atoms with Crippen molar-refractivity contribution in [1.29, 1.82) is 0 Å². The first-order valence-corrected chi connectivity index (χ1v) is 7.60. The lowest BCUT2D eigenvalue weighted by atomic mass is 10.2. The summed E-state index contributed by atoms with van der Waals surface area (Å²) in [6.07, 6.45) is 5.17. The van der Waals surface area contributed by atoms with E-state index < -0.39 is 10.0 Å². The standard InChI is InChI=1S/C12H12ClN3O2S/c13-12-11(2-1-6-15-12)16-19(17,18)9-5-10-3-7-14-8-4-10/h1-4,6-8,16H,5,9H2. The second-order valence-corrected chi connectivity index (χ2v) is 6.07. The van der Waals surface area contributed by atoms with Crippen LogP contribution >= 0.6 is 11.6 Å². The van der Waals surface area contributed by atoms with Crippen molar-refractivity contribution in [3.05, 3.63) is 53.6 Å². The van der Waals surface area contributed by atoms with Crippen LogP contribution in [-0.2, 0) is 16.4 Å². The molecule has 19 heavy (non-hydrogen) atoms. The van der Waals surface area contributed by atoms with E-state index in [4.69, 9.17) is 11.6 Å². The van der Waals surface area contributed by atoms with Crippen LogP contribution in [0.15, 0.2) is 42.9 Å². The first kappa shape index (κ1) is 13.8. The van der Waals surface area contributed by atoms with Crippen LogP contribution in [0.1, 0.15) is 5.56 Å². The van der Waals surface area contributed by atoms with E-state index in [0.717, 1.165) is 5.56 Å². The highest BCUT2D eigenvalue weighted by atomic mass is 35.5. The van der Waals surface area contributed by atoms with Crippen molar-refractivity contribution in [3.63, 3.8) is 0 Å². The van der Waals surface area contributed by atoms with Crippen molar-refractivity contribution in [2.24, 2.45) is 0 Å². The van der Waals surface area contributed by atoms with Gasteiger partial charge in [-0.1, -0.05) is 11.6 Å². The van der Waals surface area contributed by atoms with Gasteiger partial charge in [-0.25, -0.2) is 13.4 Å². The van der Waals surface area contributed by atoms with Crippen LogP contribution in [-0.4, -0.2) is 24.1 Å². The average molecular weight is 298 g/mol. The molecule has 0 aliphatic heterocycles. The van der Waals surface area contributed by atoms with E-state index in [0.29, 0.717) is 12.1 Å². The highest BCUT2D eigenvalue weighted by Crippen LogP contribution is 2.19. The van der Waals surface area contributed by atoms with Gasteiger partial charge >= 0.3 is 0 Å². The zero-order valence-electron chi connectivity index (χ0n) is 9.95. The highest BCUT2D eigenvalue weighted by molar-refractivity contribution is 7.92. The van der Waals surface area contributed by atoms with Crippen molar-refractivity contribution in [1.82, 2.24) is 9.97 Å². The van der Waals surface area contributed by atoms with E-state index >= 15 is 0 Å². The zero-order valence-corrected chi connectivity index (χ0v) is 11.5. The first-order valence-electron chi connectivity index (χ1n) is 5.57. The average Bonchev–Trinajstić information content (AvgIpc) is 2.40. The van der Waals surface area contributed by atoms with E-state index in [1.165, 1.54) is 6.20 Å². The van der Waals surface area contributed by atoms with E-state index in [9.17, 15) is 8.42 Å². The third-order valence-electron chi connectivity index (χ3n) is 2.43. The lowest BCUT2D eigenvalue weighted by Crippen LogP contribution is -2.18. The lowest BCUT2D eigenvalue weighted by Gasteiger charge is -2.08. The molecule has 2 aromatic rings. The molecule has 0 amide bonds. The van der Waals surface area contributed by atoms with Crippen LogP contribution in [0.5, 0.6) is 0 Å². The molecule has 2 heterocycles. The minimum absolute atomic E-state index is 0.0256. The SMILES string of the molecule is O=S(=O)(CCc1ccncc1)Nc1cccnc1Cl. The Balaban J connectivity index is 2.02. The fraction of sp³-hybridized carbons (Fsp3) is 0.167. The molecule has 0 saturated carbocycles. The quantitative estimate of drug-likeness (QED) is 0.858. The van der Waals surface area contributed by atoms with Gasteiger partial charge in [-0.05, 0) is 36.2 Å². The molecular formula is C12H12ClN3O2S. The number of halogens is 1. The number of sulfonamides is 1. The number of aryl methyl sites for hydroxylation is 1. The molecule has 2 aromatic heterocycles. The third-order valence-corrected chi connectivity index (χ3v) is 4.01. The fourth-order valence-corrected chi connectivity index (χ4v) is 2.81. The Morgan fingerprint density at radius 3 is 2.58 bits per heavy atom. The van der Waals surface area contributed by atoms with Gasteiger partial charge in [0.2, 0.25) is 10.0 Å². The van der Waals surface area contributed by atoms with Crippen molar-refractivity contribution in [2.45, 2.75) is 6.42 Å². The van der Waals surface area contributed by atoms with Gasteiger partial charge in [0.25, 0.3) is 0 Å². The highest BCUT2D eigenvalue weighted by Gasteiger charge is 2.12. The number of hydrogen-bond donors (Lipinski definition) is 1. The summed E-state index contributed by atoms with van der Waals surface area (Å²) < 4.78 is 26.2. The second kappa shape index (κ2) is 5.99. The van der Waals surface area contributed by atoms with Gasteiger partial charge in [0, 0.05) is 18.6 Å². The van der Waals surface area contributed by atoms with Crippen LogP contribution < -0.4 is 4.72 Å². The van der Waals surface area contributed by atoms with Gasteiger partial charge < -0.3 is 0 Å². The maximum absolute atomic E-state index is 11.9. The van der Waals surface area contributed by atoms with Crippen molar-refractivity contribution >= 4 is 27.3 Å². The maximum Gasteiger partial charge on any atom is 0.233 e. The van der Waals surface area contributed by atoms with Crippen molar-refractivity contribution in [3.8, 4) is 0 Å².